The second-order valence-corrected chi connectivity index (χ2v) is 3.81. The smallest absolute Gasteiger partial charge is 0.0304 e. The Morgan fingerprint density at radius 3 is 2.77 bits per heavy atom. The summed E-state index contributed by atoms with van der Waals surface area (Å²) in [6.07, 6.45) is -22.6. The maximum atomic E-state index is 8.65. The maximum absolute atomic E-state index is 8.65. The lowest BCUT2D eigenvalue weighted by Crippen LogP contribution is -2.62. The molecule has 4 fully saturated rings. The molecule has 0 aliphatic heterocycles. The Morgan fingerprint density at radius 1 is 1.31 bits per heavy atom. The molecule has 74 valence electrons. The van der Waals surface area contributed by atoms with Crippen LogP contribution in [0.4, 0.5) is 0 Å². The standard InChI is InChI=1S/C12H21N/c1-10-3-9-4-11(2,6-10)8-12(13,5-9)7-10/h9H,3-8,13H2,1-2H3/i1D3,3D2,4D2,5D2,6D2,7D2,8D2,9D. The highest BCUT2D eigenvalue weighted by Gasteiger charge is 2.58. The molecule has 4 saturated carbocycles. The van der Waals surface area contributed by atoms with Crippen molar-refractivity contribution in [1.29, 1.82) is 0 Å². The van der Waals surface area contributed by atoms with Crippen LogP contribution in [0, 0.1) is 16.7 Å². The van der Waals surface area contributed by atoms with E-state index in [0.717, 1.165) is 0 Å². The molecule has 4 aliphatic carbocycles. The molecule has 4 atom stereocenters. The van der Waals surface area contributed by atoms with Crippen molar-refractivity contribution < 1.29 is 21.9 Å². The van der Waals surface area contributed by atoms with Gasteiger partial charge in [-0.3, -0.25) is 0 Å². The summed E-state index contributed by atoms with van der Waals surface area (Å²) in [7, 11) is 0. The zero-order valence-electron chi connectivity index (χ0n) is 23.1. The second kappa shape index (κ2) is 1.98. The van der Waals surface area contributed by atoms with Gasteiger partial charge >= 0.3 is 0 Å². The van der Waals surface area contributed by atoms with Crippen molar-refractivity contribution in [2.45, 2.75) is 57.6 Å². The van der Waals surface area contributed by atoms with Gasteiger partial charge in [0.2, 0.25) is 0 Å². The third kappa shape index (κ3) is 1.09. The third-order valence-corrected chi connectivity index (χ3v) is 2.28. The molecule has 0 heterocycles. The molecule has 0 spiro atoms. The minimum Gasteiger partial charge on any atom is -0.325 e. The molecule has 2 N–H and O–H groups in total. The summed E-state index contributed by atoms with van der Waals surface area (Å²) in [6, 6.07) is 0. The van der Waals surface area contributed by atoms with Crippen LogP contribution in [0.25, 0.3) is 0 Å². The Bertz CT molecular complexity index is 679. The van der Waals surface area contributed by atoms with Crippen LogP contribution in [0.5, 0.6) is 0 Å². The fourth-order valence-electron chi connectivity index (χ4n) is 2.07. The summed E-state index contributed by atoms with van der Waals surface area (Å²) in [6.45, 7) is -3.26. The van der Waals surface area contributed by atoms with Crippen LogP contribution in [0.2, 0.25) is 0 Å². The minimum absolute atomic E-state index is 0.623. The predicted octanol–water partition coefficient (Wildman–Crippen LogP) is 2.69. The number of hydrogen-bond acceptors (Lipinski definition) is 1. The van der Waals surface area contributed by atoms with Gasteiger partial charge in [-0.2, -0.15) is 0 Å². The van der Waals surface area contributed by atoms with E-state index in [1.807, 2.05) is 0 Å². The van der Waals surface area contributed by atoms with Crippen molar-refractivity contribution in [3.63, 3.8) is 0 Å². The van der Waals surface area contributed by atoms with Gasteiger partial charge in [0.1, 0.15) is 0 Å². The lowest BCUT2D eigenvalue weighted by molar-refractivity contribution is -0.104. The molecule has 1 nitrogen and oxygen atoms in total. The van der Waals surface area contributed by atoms with Gasteiger partial charge in [-0.15, -0.1) is 0 Å². The van der Waals surface area contributed by atoms with Crippen molar-refractivity contribution in [3.8, 4) is 0 Å². The van der Waals surface area contributed by atoms with Gasteiger partial charge < -0.3 is 5.73 Å². The van der Waals surface area contributed by atoms with E-state index < -0.39 is 67.4 Å². The zero-order chi connectivity index (χ0) is 23.5. The van der Waals surface area contributed by atoms with Crippen molar-refractivity contribution in [2.24, 2.45) is 22.5 Å². The summed E-state index contributed by atoms with van der Waals surface area (Å²) in [5.41, 5.74) is -4.64. The van der Waals surface area contributed by atoms with Gasteiger partial charge in [-0.25, -0.2) is 0 Å². The molecule has 4 unspecified atom stereocenters. The Kier molecular flexibility index (Phi) is 0.294. The number of rotatable bonds is 0. The average molecular weight is 195 g/mol. The highest BCUT2D eigenvalue weighted by Crippen LogP contribution is 2.65. The molecule has 1 heteroatoms. The van der Waals surface area contributed by atoms with E-state index in [1.165, 1.54) is 0 Å². The zero-order valence-corrected chi connectivity index (χ0v) is 7.08. The van der Waals surface area contributed by atoms with Crippen LogP contribution in [0.3, 0.4) is 0 Å². The Morgan fingerprint density at radius 2 is 2.00 bits per heavy atom. The third-order valence-electron chi connectivity index (χ3n) is 2.28. The monoisotopic (exact) mass is 195 g/mol. The van der Waals surface area contributed by atoms with Crippen molar-refractivity contribution >= 4 is 0 Å². The van der Waals surface area contributed by atoms with Crippen LogP contribution in [-0.4, -0.2) is 5.54 Å². The Labute approximate surface area is 104 Å². The van der Waals surface area contributed by atoms with Crippen molar-refractivity contribution in [2.75, 3.05) is 0 Å². The first kappa shape index (κ1) is 1.93. The van der Waals surface area contributed by atoms with Gasteiger partial charge in [0.05, 0.1) is 0 Å². The number of nitrogens with two attached hydrogens (primary N) is 1. The summed E-state index contributed by atoms with van der Waals surface area (Å²) in [5, 5.41) is 0. The molecule has 0 radical (unpaired) electrons. The Balaban J connectivity index is 2.80. The summed E-state index contributed by atoms with van der Waals surface area (Å²) < 4.78 is 134. The van der Waals surface area contributed by atoms with Crippen LogP contribution >= 0.6 is 0 Å². The first-order valence-corrected chi connectivity index (χ1v) is 4.04. The number of hydrogen-bond donors (Lipinski definition) is 1. The van der Waals surface area contributed by atoms with E-state index >= 15 is 0 Å². The molecule has 0 aromatic carbocycles. The van der Waals surface area contributed by atoms with E-state index in [-0.39, 0.29) is 0 Å². The fraction of sp³-hybridized carbons (Fsp3) is 1.00. The first-order valence-electron chi connectivity index (χ1n) is 12.0. The lowest BCUT2D eigenvalue weighted by Gasteiger charge is -2.64. The quantitative estimate of drug-likeness (QED) is 0.632. The average Bonchev–Trinajstić information content (AvgIpc) is 2.45. The van der Waals surface area contributed by atoms with Gasteiger partial charge in [-0.1, -0.05) is 13.8 Å². The second-order valence-electron chi connectivity index (χ2n) is 3.81. The van der Waals surface area contributed by atoms with Gasteiger partial charge in [0.25, 0.3) is 0 Å². The van der Waals surface area contributed by atoms with E-state index in [9.17, 15) is 0 Å². The largest absolute Gasteiger partial charge is 0.325 e. The highest BCUT2D eigenvalue weighted by atomic mass is 14.8. The van der Waals surface area contributed by atoms with Crippen LogP contribution in [0.15, 0.2) is 0 Å². The maximum Gasteiger partial charge on any atom is 0.0304 e. The summed E-state index contributed by atoms with van der Waals surface area (Å²) >= 11 is 0. The van der Waals surface area contributed by atoms with Crippen molar-refractivity contribution in [3.05, 3.63) is 0 Å². The molecule has 13 heavy (non-hydrogen) atoms. The molecule has 0 amide bonds. The molecule has 0 aromatic heterocycles. The SMILES string of the molecule is [2H]C([2H])([2H])C12C([2H])([2H])C3([2H])C([2H])([2H])C(C)(C([2H])([2H])C(N)(C3([2H])[2H])C1([2H])[2H])C2([2H])[2H]. The van der Waals surface area contributed by atoms with Crippen LogP contribution in [-0.2, 0) is 0 Å². The van der Waals surface area contributed by atoms with Gasteiger partial charge in [0.15, 0.2) is 0 Å². The molecular formula is C12H21N. The topological polar surface area (TPSA) is 26.0 Å². The minimum atomic E-state index is -3.97. The van der Waals surface area contributed by atoms with Crippen LogP contribution < -0.4 is 5.73 Å². The van der Waals surface area contributed by atoms with E-state index in [0.29, 0.717) is 6.92 Å². The van der Waals surface area contributed by atoms with E-state index in [4.69, 9.17) is 27.7 Å². The van der Waals surface area contributed by atoms with Crippen LogP contribution in [0.1, 0.15) is 73.9 Å². The molecule has 4 rings (SSSR count). The van der Waals surface area contributed by atoms with Gasteiger partial charge in [0, 0.05) is 27.5 Å². The van der Waals surface area contributed by atoms with E-state index in [1.54, 1.807) is 0 Å². The predicted molar refractivity (Wildman–Crippen MR) is 54.3 cm³/mol. The normalized spacial score (nSPS) is 112. The first-order chi connectivity index (χ1) is 12.2. The molecule has 4 bridgehead atoms. The molecule has 0 saturated heterocycles. The summed E-state index contributed by atoms with van der Waals surface area (Å²) in [5.74, 6) is -3.76. The van der Waals surface area contributed by atoms with E-state index in [2.05, 4.69) is 0 Å². The van der Waals surface area contributed by atoms with Gasteiger partial charge in [-0.05, 0) is 55.0 Å². The molecular weight excluding hydrogens is 158 g/mol. The lowest BCUT2D eigenvalue weighted by atomic mass is 9.43. The molecule has 4 aliphatic rings. The highest BCUT2D eigenvalue weighted by molar-refractivity contribution is 5.12. The molecule has 0 aromatic rings. The fourth-order valence-corrected chi connectivity index (χ4v) is 2.07. The summed E-state index contributed by atoms with van der Waals surface area (Å²) in [4.78, 5) is 0. The van der Waals surface area contributed by atoms with Crippen molar-refractivity contribution in [1.82, 2.24) is 0 Å². The Hall–Kier alpha value is -0.0400.